The Hall–Kier alpha value is -3.26. The van der Waals surface area contributed by atoms with Gasteiger partial charge < -0.3 is 16.0 Å². The number of benzene rings is 2. The lowest BCUT2D eigenvalue weighted by Gasteiger charge is -2.08. The molecular formula is C19H16BrN5O2. The van der Waals surface area contributed by atoms with Crippen molar-refractivity contribution >= 4 is 44.9 Å². The van der Waals surface area contributed by atoms with Gasteiger partial charge >= 0.3 is 0 Å². The zero-order valence-electron chi connectivity index (χ0n) is 14.1. The van der Waals surface area contributed by atoms with Gasteiger partial charge in [-0.25, -0.2) is 0 Å². The van der Waals surface area contributed by atoms with Crippen molar-refractivity contribution in [2.24, 2.45) is 0 Å². The van der Waals surface area contributed by atoms with E-state index in [4.69, 9.17) is 0 Å². The van der Waals surface area contributed by atoms with E-state index in [0.717, 1.165) is 4.47 Å². The maximum atomic E-state index is 12.1. The lowest BCUT2D eigenvalue weighted by molar-refractivity contribution is -0.114. The van der Waals surface area contributed by atoms with Crippen LogP contribution in [-0.2, 0) is 4.79 Å². The lowest BCUT2D eigenvalue weighted by atomic mass is 10.3. The number of halogens is 1. The minimum atomic E-state index is -0.353. The maximum Gasteiger partial charge on any atom is 0.276 e. The monoisotopic (exact) mass is 425 g/mol. The summed E-state index contributed by atoms with van der Waals surface area (Å²) in [7, 11) is 0. The van der Waals surface area contributed by atoms with E-state index in [9.17, 15) is 9.59 Å². The van der Waals surface area contributed by atoms with Crippen molar-refractivity contribution in [3.05, 3.63) is 76.9 Å². The van der Waals surface area contributed by atoms with Crippen LogP contribution < -0.4 is 16.0 Å². The summed E-state index contributed by atoms with van der Waals surface area (Å²) >= 11 is 3.34. The van der Waals surface area contributed by atoms with E-state index in [0.29, 0.717) is 17.2 Å². The molecule has 136 valence electrons. The number of carbonyl (C=O) groups is 2. The Morgan fingerprint density at radius 2 is 1.52 bits per heavy atom. The number of nitrogens with zero attached hydrogens (tertiary/aromatic N) is 2. The minimum absolute atomic E-state index is 0.0281. The number of anilines is 3. The summed E-state index contributed by atoms with van der Waals surface area (Å²) < 4.78 is 0.935. The summed E-state index contributed by atoms with van der Waals surface area (Å²) in [6.45, 7) is 0.0281. The number of aromatic nitrogens is 2. The molecule has 2 aromatic carbocycles. The fourth-order valence-corrected chi connectivity index (χ4v) is 2.44. The highest BCUT2D eigenvalue weighted by Gasteiger charge is 2.09. The standard InChI is InChI=1S/C19H16BrN5O2/c20-13-6-8-15(9-7-13)22-18(26)12-21-17-11-10-16(24-25-17)19(27)23-14-4-2-1-3-5-14/h1-11H,12H2,(H,21,25)(H,22,26)(H,23,27). The molecule has 3 rings (SSSR count). The molecule has 0 bridgehead atoms. The van der Waals surface area contributed by atoms with Crippen LogP contribution in [0.4, 0.5) is 17.2 Å². The summed E-state index contributed by atoms with van der Waals surface area (Å²) in [4.78, 5) is 24.1. The predicted molar refractivity (Wildman–Crippen MR) is 108 cm³/mol. The molecule has 0 aliphatic heterocycles. The smallest absolute Gasteiger partial charge is 0.276 e. The van der Waals surface area contributed by atoms with Gasteiger partial charge in [-0.3, -0.25) is 9.59 Å². The summed E-state index contributed by atoms with van der Waals surface area (Å²) in [5.74, 6) is -0.171. The molecular weight excluding hydrogens is 410 g/mol. The molecule has 27 heavy (non-hydrogen) atoms. The molecule has 0 aliphatic carbocycles. The van der Waals surface area contributed by atoms with Gasteiger partial charge in [-0.2, -0.15) is 0 Å². The average Bonchev–Trinajstić information content (AvgIpc) is 2.69. The molecule has 0 fully saturated rings. The van der Waals surface area contributed by atoms with Crippen molar-refractivity contribution < 1.29 is 9.59 Å². The van der Waals surface area contributed by atoms with Crippen LogP contribution in [0.25, 0.3) is 0 Å². The van der Waals surface area contributed by atoms with E-state index >= 15 is 0 Å². The Bertz CT molecular complexity index is 915. The molecule has 0 radical (unpaired) electrons. The quantitative estimate of drug-likeness (QED) is 0.561. The van der Waals surface area contributed by atoms with Gasteiger partial charge in [0.2, 0.25) is 5.91 Å². The molecule has 7 nitrogen and oxygen atoms in total. The molecule has 3 N–H and O–H groups in total. The van der Waals surface area contributed by atoms with Gasteiger partial charge in [0.05, 0.1) is 6.54 Å². The van der Waals surface area contributed by atoms with Gasteiger partial charge in [-0.05, 0) is 48.5 Å². The molecule has 0 spiro atoms. The van der Waals surface area contributed by atoms with Crippen molar-refractivity contribution in [1.29, 1.82) is 0 Å². The first kappa shape index (κ1) is 18.5. The molecule has 0 aliphatic rings. The van der Waals surface area contributed by atoms with Crippen molar-refractivity contribution in [2.45, 2.75) is 0 Å². The lowest BCUT2D eigenvalue weighted by Crippen LogP contribution is -2.22. The first-order chi connectivity index (χ1) is 13.1. The highest BCUT2D eigenvalue weighted by molar-refractivity contribution is 9.10. The van der Waals surface area contributed by atoms with Crippen LogP contribution in [-0.4, -0.2) is 28.6 Å². The highest BCUT2D eigenvalue weighted by Crippen LogP contribution is 2.14. The zero-order valence-corrected chi connectivity index (χ0v) is 15.7. The van der Waals surface area contributed by atoms with Crippen LogP contribution in [0.3, 0.4) is 0 Å². The van der Waals surface area contributed by atoms with Gasteiger partial charge in [0.15, 0.2) is 5.69 Å². The fraction of sp³-hybridized carbons (Fsp3) is 0.0526. The molecule has 0 saturated carbocycles. The number of hydrogen-bond acceptors (Lipinski definition) is 5. The summed E-state index contributed by atoms with van der Waals surface area (Å²) in [5, 5.41) is 16.2. The number of amides is 2. The molecule has 1 heterocycles. The van der Waals surface area contributed by atoms with E-state index in [1.54, 1.807) is 36.4 Å². The van der Waals surface area contributed by atoms with Gasteiger partial charge in [0.1, 0.15) is 5.82 Å². The third kappa shape index (κ3) is 5.61. The second-order valence-corrected chi connectivity index (χ2v) is 6.45. The summed E-state index contributed by atoms with van der Waals surface area (Å²) in [5.41, 5.74) is 1.56. The third-order valence-corrected chi connectivity index (χ3v) is 4.02. The highest BCUT2D eigenvalue weighted by atomic mass is 79.9. The van der Waals surface area contributed by atoms with E-state index in [2.05, 4.69) is 42.1 Å². The van der Waals surface area contributed by atoms with Gasteiger partial charge in [0, 0.05) is 15.8 Å². The molecule has 1 aromatic heterocycles. The minimum Gasteiger partial charge on any atom is -0.360 e. The van der Waals surface area contributed by atoms with Crippen LogP contribution in [0.2, 0.25) is 0 Å². The zero-order chi connectivity index (χ0) is 19.1. The SMILES string of the molecule is O=C(CNc1ccc(C(=O)Nc2ccccc2)nn1)Nc1ccc(Br)cc1. The number of nitrogens with one attached hydrogen (secondary N) is 3. The fourth-order valence-electron chi connectivity index (χ4n) is 2.17. The summed E-state index contributed by atoms with van der Waals surface area (Å²) in [6, 6.07) is 19.5. The van der Waals surface area contributed by atoms with Crippen LogP contribution in [0.15, 0.2) is 71.2 Å². The van der Waals surface area contributed by atoms with Crippen LogP contribution in [0, 0.1) is 0 Å². The Morgan fingerprint density at radius 1 is 0.815 bits per heavy atom. The molecule has 0 saturated heterocycles. The average molecular weight is 426 g/mol. The Balaban J connectivity index is 1.50. The van der Waals surface area contributed by atoms with Crippen molar-refractivity contribution in [1.82, 2.24) is 10.2 Å². The third-order valence-electron chi connectivity index (χ3n) is 3.49. The van der Waals surface area contributed by atoms with Gasteiger partial charge in [0.25, 0.3) is 5.91 Å². The summed E-state index contributed by atoms with van der Waals surface area (Å²) in [6.07, 6.45) is 0. The Labute approximate surface area is 164 Å². The van der Waals surface area contributed by atoms with E-state index < -0.39 is 0 Å². The number of carbonyl (C=O) groups excluding carboxylic acids is 2. The maximum absolute atomic E-state index is 12.1. The normalized spacial score (nSPS) is 10.1. The second kappa shape index (κ2) is 8.91. The van der Waals surface area contributed by atoms with Crippen molar-refractivity contribution in [2.75, 3.05) is 22.5 Å². The molecule has 8 heteroatoms. The Morgan fingerprint density at radius 3 is 2.19 bits per heavy atom. The van der Waals surface area contributed by atoms with Crippen molar-refractivity contribution in [3.63, 3.8) is 0 Å². The Kier molecular flexibility index (Phi) is 6.11. The molecule has 2 amide bonds. The van der Waals surface area contributed by atoms with Crippen LogP contribution in [0.1, 0.15) is 10.5 Å². The predicted octanol–water partition coefficient (Wildman–Crippen LogP) is 3.54. The number of rotatable bonds is 6. The first-order valence-electron chi connectivity index (χ1n) is 8.09. The van der Waals surface area contributed by atoms with Crippen LogP contribution in [0.5, 0.6) is 0 Å². The molecule has 3 aromatic rings. The van der Waals surface area contributed by atoms with E-state index in [1.807, 2.05) is 30.3 Å². The van der Waals surface area contributed by atoms with Crippen LogP contribution >= 0.6 is 15.9 Å². The molecule has 0 unspecified atom stereocenters. The first-order valence-corrected chi connectivity index (χ1v) is 8.89. The number of hydrogen-bond donors (Lipinski definition) is 3. The topological polar surface area (TPSA) is 96.0 Å². The van der Waals surface area contributed by atoms with Gasteiger partial charge in [-0.15, -0.1) is 10.2 Å². The van der Waals surface area contributed by atoms with E-state index in [1.165, 1.54) is 0 Å². The second-order valence-electron chi connectivity index (χ2n) is 5.53. The van der Waals surface area contributed by atoms with Gasteiger partial charge in [-0.1, -0.05) is 34.1 Å². The number of para-hydroxylation sites is 1. The molecule has 0 atom stereocenters. The largest absolute Gasteiger partial charge is 0.360 e. The van der Waals surface area contributed by atoms with Crippen molar-refractivity contribution in [3.8, 4) is 0 Å². The van der Waals surface area contributed by atoms with E-state index in [-0.39, 0.29) is 24.1 Å².